The first kappa shape index (κ1) is 11.3. The highest BCUT2D eigenvalue weighted by Gasteiger charge is 2.33. The number of amides is 1. The average Bonchev–Trinajstić information content (AvgIpc) is 2.91. The third-order valence-electron chi connectivity index (χ3n) is 3.51. The number of anilines is 1. The van der Waals surface area contributed by atoms with Gasteiger partial charge in [0.2, 0.25) is 12.7 Å². The maximum Gasteiger partial charge on any atom is 0.231 e. The van der Waals surface area contributed by atoms with E-state index >= 15 is 0 Å². The lowest BCUT2D eigenvalue weighted by atomic mass is 9.98. The summed E-state index contributed by atoms with van der Waals surface area (Å²) in [5, 5.41) is 9.11. The Morgan fingerprint density at radius 2 is 2.17 bits per heavy atom. The van der Waals surface area contributed by atoms with Gasteiger partial charge in [-0.2, -0.15) is 0 Å². The molecule has 1 N–H and O–H groups in total. The Balaban J connectivity index is 2.05. The van der Waals surface area contributed by atoms with Crippen molar-refractivity contribution < 1.29 is 19.4 Å². The molecule has 0 aliphatic carbocycles. The standard InChI is InChI=1S/C13H15NO4/c1-8(16)14-6-9(2-3-15)10-4-12-13(5-11(10)14)18-7-17-12/h4-5,9,15H,2-3,6-7H2,1H3. The molecule has 1 aromatic carbocycles. The van der Waals surface area contributed by atoms with Crippen molar-refractivity contribution in [2.24, 2.45) is 0 Å². The number of rotatable bonds is 2. The Bertz CT molecular complexity index is 500. The minimum atomic E-state index is 0.00977. The molecule has 2 aliphatic rings. The van der Waals surface area contributed by atoms with Crippen LogP contribution in [0.25, 0.3) is 0 Å². The van der Waals surface area contributed by atoms with Gasteiger partial charge in [-0.25, -0.2) is 0 Å². The fourth-order valence-electron chi connectivity index (χ4n) is 2.63. The number of hydrogen-bond donors (Lipinski definition) is 1. The van der Waals surface area contributed by atoms with E-state index < -0.39 is 0 Å². The highest BCUT2D eigenvalue weighted by molar-refractivity contribution is 5.94. The van der Waals surface area contributed by atoms with Crippen LogP contribution in [0, 0.1) is 0 Å². The number of aliphatic hydroxyl groups is 1. The van der Waals surface area contributed by atoms with Gasteiger partial charge < -0.3 is 19.5 Å². The van der Waals surface area contributed by atoms with Crippen LogP contribution in [0.1, 0.15) is 24.8 Å². The number of benzene rings is 1. The molecule has 0 saturated carbocycles. The molecule has 0 aromatic heterocycles. The van der Waals surface area contributed by atoms with Gasteiger partial charge in [-0.3, -0.25) is 4.79 Å². The predicted octanol–water partition coefficient (Wildman–Crippen LogP) is 1.25. The third kappa shape index (κ3) is 1.62. The topological polar surface area (TPSA) is 59.0 Å². The summed E-state index contributed by atoms with van der Waals surface area (Å²) in [5.41, 5.74) is 1.94. The smallest absolute Gasteiger partial charge is 0.231 e. The summed E-state index contributed by atoms with van der Waals surface area (Å²) in [6, 6.07) is 3.79. The van der Waals surface area contributed by atoms with Gasteiger partial charge in [0.05, 0.1) is 5.69 Å². The molecule has 18 heavy (non-hydrogen) atoms. The molecule has 1 amide bonds. The first-order valence-electron chi connectivity index (χ1n) is 6.03. The van der Waals surface area contributed by atoms with Gasteiger partial charge in [-0.15, -0.1) is 0 Å². The molecule has 1 atom stereocenters. The number of aliphatic hydroxyl groups excluding tert-OH is 1. The van der Waals surface area contributed by atoms with E-state index in [0.29, 0.717) is 18.7 Å². The van der Waals surface area contributed by atoms with Crippen molar-refractivity contribution in [1.82, 2.24) is 0 Å². The normalized spacial score (nSPS) is 20.1. The van der Waals surface area contributed by atoms with Crippen molar-refractivity contribution in [2.75, 3.05) is 24.8 Å². The minimum absolute atomic E-state index is 0.00977. The van der Waals surface area contributed by atoms with E-state index in [1.54, 1.807) is 11.8 Å². The molecule has 5 nitrogen and oxygen atoms in total. The monoisotopic (exact) mass is 249 g/mol. The van der Waals surface area contributed by atoms with Gasteiger partial charge >= 0.3 is 0 Å². The molecular formula is C13H15NO4. The van der Waals surface area contributed by atoms with E-state index in [4.69, 9.17) is 14.6 Å². The third-order valence-corrected chi connectivity index (χ3v) is 3.51. The molecule has 2 aliphatic heterocycles. The summed E-state index contributed by atoms with van der Waals surface area (Å²) >= 11 is 0. The van der Waals surface area contributed by atoms with Crippen LogP contribution in [-0.4, -0.2) is 31.0 Å². The fraction of sp³-hybridized carbons (Fsp3) is 0.462. The summed E-state index contributed by atoms with van der Waals surface area (Å²) in [6.07, 6.45) is 0.649. The SMILES string of the molecule is CC(=O)N1CC(CCO)c2cc3c(cc21)OCO3. The molecule has 0 saturated heterocycles. The van der Waals surface area contributed by atoms with Crippen molar-refractivity contribution in [3.63, 3.8) is 0 Å². The van der Waals surface area contributed by atoms with Crippen LogP contribution in [0.2, 0.25) is 0 Å². The zero-order valence-corrected chi connectivity index (χ0v) is 10.2. The van der Waals surface area contributed by atoms with E-state index in [1.807, 2.05) is 12.1 Å². The zero-order valence-electron chi connectivity index (χ0n) is 10.2. The van der Waals surface area contributed by atoms with E-state index in [-0.39, 0.29) is 25.2 Å². The zero-order chi connectivity index (χ0) is 12.7. The molecular weight excluding hydrogens is 234 g/mol. The Hall–Kier alpha value is -1.75. The van der Waals surface area contributed by atoms with Gasteiger partial charge in [-0.05, 0) is 18.1 Å². The Morgan fingerprint density at radius 1 is 1.44 bits per heavy atom. The van der Waals surface area contributed by atoms with Crippen molar-refractivity contribution in [2.45, 2.75) is 19.3 Å². The van der Waals surface area contributed by atoms with E-state index in [9.17, 15) is 4.79 Å². The summed E-state index contributed by atoms with van der Waals surface area (Å²) < 4.78 is 10.7. The Labute approximate surface area is 105 Å². The van der Waals surface area contributed by atoms with E-state index in [2.05, 4.69) is 0 Å². The van der Waals surface area contributed by atoms with Crippen molar-refractivity contribution in [3.8, 4) is 11.5 Å². The van der Waals surface area contributed by atoms with Crippen LogP contribution in [0.4, 0.5) is 5.69 Å². The molecule has 3 rings (SSSR count). The molecule has 1 aromatic rings. The number of ether oxygens (including phenoxy) is 2. The molecule has 1 unspecified atom stereocenters. The lowest BCUT2D eigenvalue weighted by Crippen LogP contribution is -2.27. The van der Waals surface area contributed by atoms with E-state index in [1.165, 1.54) is 0 Å². The van der Waals surface area contributed by atoms with Gasteiger partial charge in [0.1, 0.15) is 0 Å². The molecule has 96 valence electrons. The van der Waals surface area contributed by atoms with Crippen LogP contribution in [-0.2, 0) is 4.79 Å². The van der Waals surface area contributed by atoms with Gasteiger partial charge in [0, 0.05) is 32.1 Å². The Morgan fingerprint density at radius 3 is 2.83 bits per heavy atom. The van der Waals surface area contributed by atoms with E-state index in [0.717, 1.165) is 17.0 Å². The summed E-state index contributed by atoms with van der Waals surface area (Å²) in [5.74, 6) is 1.59. The maximum absolute atomic E-state index is 11.7. The number of carbonyl (C=O) groups excluding carboxylic acids is 1. The molecule has 2 heterocycles. The predicted molar refractivity (Wildman–Crippen MR) is 65.0 cm³/mol. The van der Waals surface area contributed by atoms with Gasteiger partial charge in [-0.1, -0.05) is 0 Å². The first-order valence-corrected chi connectivity index (χ1v) is 6.03. The summed E-state index contributed by atoms with van der Waals surface area (Å²) in [6.45, 7) is 2.51. The second kappa shape index (κ2) is 4.17. The van der Waals surface area contributed by atoms with Crippen LogP contribution >= 0.6 is 0 Å². The van der Waals surface area contributed by atoms with Gasteiger partial charge in [0.15, 0.2) is 11.5 Å². The Kier molecular flexibility index (Phi) is 2.63. The molecule has 0 fully saturated rings. The summed E-state index contributed by atoms with van der Waals surface area (Å²) in [4.78, 5) is 13.4. The van der Waals surface area contributed by atoms with Crippen LogP contribution in [0.3, 0.4) is 0 Å². The highest BCUT2D eigenvalue weighted by Crippen LogP contribution is 2.45. The maximum atomic E-state index is 11.7. The van der Waals surface area contributed by atoms with Crippen LogP contribution in [0.15, 0.2) is 12.1 Å². The number of hydrogen-bond acceptors (Lipinski definition) is 4. The quantitative estimate of drug-likeness (QED) is 0.857. The molecule has 0 spiro atoms. The second-order valence-electron chi connectivity index (χ2n) is 4.60. The number of fused-ring (bicyclic) bond motifs is 2. The summed E-state index contributed by atoms with van der Waals surface area (Å²) in [7, 11) is 0. The number of nitrogens with zero attached hydrogens (tertiary/aromatic N) is 1. The van der Waals surface area contributed by atoms with Crippen molar-refractivity contribution in [3.05, 3.63) is 17.7 Å². The second-order valence-corrected chi connectivity index (χ2v) is 4.60. The minimum Gasteiger partial charge on any atom is -0.454 e. The highest BCUT2D eigenvalue weighted by atomic mass is 16.7. The molecule has 5 heteroatoms. The van der Waals surface area contributed by atoms with Gasteiger partial charge in [0.25, 0.3) is 0 Å². The fourth-order valence-corrected chi connectivity index (χ4v) is 2.63. The lowest BCUT2D eigenvalue weighted by Gasteiger charge is -2.15. The van der Waals surface area contributed by atoms with Crippen molar-refractivity contribution in [1.29, 1.82) is 0 Å². The molecule has 0 radical (unpaired) electrons. The lowest BCUT2D eigenvalue weighted by molar-refractivity contribution is -0.116. The average molecular weight is 249 g/mol. The molecule has 0 bridgehead atoms. The number of carbonyl (C=O) groups is 1. The first-order chi connectivity index (χ1) is 8.70. The van der Waals surface area contributed by atoms with Crippen LogP contribution in [0.5, 0.6) is 11.5 Å². The largest absolute Gasteiger partial charge is 0.454 e. The van der Waals surface area contributed by atoms with Crippen LogP contribution < -0.4 is 14.4 Å². The van der Waals surface area contributed by atoms with Crippen molar-refractivity contribution >= 4 is 11.6 Å².